The molecule has 0 amide bonds. The van der Waals surface area contributed by atoms with Crippen LogP contribution in [0.1, 0.15) is 94.7 Å². The number of nitrogen functional groups attached to an aromatic ring is 1. The molecular formula is C35H53N5. The van der Waals surface area contributed by atoms with Crippen molar-refractivity contribution in [3.8, 4) is 0 Å². The third-order valence-electron chi connectivity index (χ3n) is 7.35. The zero-order valence-electron chi connectivity index (χ0n) is 26.2. The van der Waals surface area contributed by atoms with Crippen molar-refractivity contribution in [1.29, 1.82) is 0 Å². The molecule has 5 heteroatoms. The summed E-state index contributed by atoms with van der Waals surface area (Å²) >= 11 is 0. The predicted octanol–water partition coefficient (Wildman–Crippen LogP) is 9.13. The van der Waals surface area contributed by atoms with Gasteiger partial charge in [0.15, 0.2) is 0 Å². The number of piperidine rings is 1. The minimum Gasteiger partial charge on any atom is -0.399 e. The number of aromatic nitrogens is 2. The summed E-state index contributed by atoms with van der Waals surface area (Å²) in [4.78, 5) is 11.4. The molecule has 3 N–H and O–H groups in total. The number of hydrogen-bond acceptors (Lipinski definition) is 5. The Morgan fingerprint density at radius 1 is 0.975 bits per heavy atom. The molecule has 2 aromatic carbocycles. The summed E-state index contributed by atoms with van der Waals surface area (Å²) in [6, 6.07) is 14.4. The topological polar surface area (TPSA) is 67.1 Å². The van der Waals surface area contributed by atoms with E-state index in [0.717, 1.165) is 54.6 Å². The van der Waals surface area contributed by atoms with Gasteiger partial charge in [0, 0.05) is 42.1 Å². The van der Waals surface area contributed by atoms with Crippen LogP contribution < -0.4 is 11.1 Å². The third kappa shape index (κ3) is 10.3. The molecule has 4 rings (SSSR count). The molecule has 0 bridgehead atoms. The van der Waals surface area contributed by atoms with Gasteiger partial charge in [-0.15, -0.1) is 0 Å². The van der Waals surface area contributed by atoms with E-state index in [-0.39, 0.29) is 0 Å². The number of likely N-dealkylation sites (tertiary alicyclic amines) is 1. The Morgan fingerprint density at radius 3 is 2.15 bits per heavy atom. The molecule has 5 nitrogen and oxygen atoms in total. The molecule has 218 valence electrons. The molecule has 0 radical (unpaired) electrons. The number of unbranched alkanes of at least 4 members (excludes halogenated alkanes) is 1. The van der Waals surface area contributed by atoms with E-state index in [9.17, 15) is 0 Å². The van der Waals surface area contributed by atoms with Crippen molar-refractivity contribution in [2.45, 2.75) is 93.4 Å². The highest BCUT2D eigenvalue weighted by molar-refractivity contribution is 5.63. The lowest BCUT2D eigenvalue weighted by molar-refractivity contribution is 0.243. The fourth-order valence-corrected chi connectivity index (χ4v) is 5.12. The molecule has 0 saturated carbocycles. The Bertz CT molecular complexity index is 1140. The van der Waals surface area contributed by atoms with Gasteiger partial charge in [0.1, 0.15) is 0 Å². The van der Waals surface area contributed by atoms with Gasteiger partial charge in [-0.2, -0.15) is 0 Å². The number of aryl methyl sites for hydroxylation is 4. The molecule has 0 spiro atoms. The minimum atomic E-state index is 0.680. The van der Waals surface area contributed by atoms with Gasteiger partial charge in [-0.3, -0.25) is 0 Å². The van der Waals surface area contributed by atoms with Gasteiger partial charge in [0.05, 0.1) is 0 Å². The van der Waals surface area contributed by atoms with Crippen molar-refractivity contribution in [1.82, 2.24) is 14.9 Å². The summed E-state index contributed by atoms with van der Waals surface area (Å²) in [6.07, 6.45) is 10.6. The lowest BCUT2D eigenvalue weighted by atomic mass is 9.91. The van der Waals surface area contributed by atoms with Gasteiger partial charge in [-0.1, -0.05) is 78.7 Å². The van der Waals surface area contributed by atoms with E-state index < -0.39 is 0 Å². The summed E-state index contributed by atoms with van der Waals surface area (Å²) < 4.78 is 0. The van der Waals surface area contributed by atoms with Crippen LogP contribution in [-0.2, 0) is 12.8 Å². The molecule has 1 aliphatic heterocycles. The van der Waals surface area contributed by atoms with E-state index in [1.54, 1.807) is 0 Å². The molecule has 0 atom stereocenters. The largest absolute Gasteiger partial charge is 0.399 e. The average molecular weight is 544 g/mol. The van der Waals surface area contributed by atoms with E-state index in [0.29, 0.717) is 5.95 Å². The van der Waals surface area contributed by atoms with Crippen LogP contribution in [0.2, 0.25) is 0 Å². The Hall–Kier alpha value is -3.34. The Kier molecular flexibility index (Phi) is 14.3. The SMILES string of the molecule is C=C(c1ccc(N)cc1)N1CCC(CCCC)CC1.CC.CCc1cnc(Nc2cc(C)cc(C)c2)nc1CC. The molecular weight excluding hydrogens is 490 g/mol. The molecule has 40 heavy (non-hydrogen) atoms. The van der Waals surface area contributed by atoms with Crippen molar-refractivity contribution >= 4 is 23.0 Å². The quantitative estimate of drug-likeness (QED) is 0.263. The fraction of sp³-hybridized carbons (Fsp3) is 0.486. The van der Waals surface area contributed by atoms with Gasteiger partial charge in [-0.25, -0.2) is 9.97 Å². The number of nitrogens with zero attached hydrogens (tertiary/aromatic N) is 3. The second-order valence-corrected chi connectivity index (χ2v) is 10.5. The number of rotatable bonds is 9. The van der Waals surface area contributed by atoms with E-state index in [2.05, 4.69) is 91.7 Å². The lowest BCUT2D eigenvalue weighted by Crippen LogP contribution is -2.32. The summed E-state index contributed by atoms with van der Waals surface area (Å²) in [5.74, 6) is 1.61. The van der Waals surface area contributed by atoms with Crippen LogP contribution in [0.3, 0.4) is 0 Å². The van der Waals surface area contributed by atoms with Crippen LogP contribution in [0, 0.1) is 19.8 Å². The zero-order valence-corrected chi connectivity index (χ0v) is 26.2. The van der Waals surface area contributed by atoms with Crippen molar-refractivity contribution in [2.24, 2.45) is 5.92 Å². The normalized spacial score (nSPS) is 13.0. The zero-order chi connectivity index (χ0) is 29.5. The summed E-state index contributed by atoms with van der Waals surface area (Å²) in [7, 11) is 0. The number of nitrogens with two attached hydrogens (primary N) is 1. The number of anilines is 3. The van der Waals surface area contributed by atoms with Gasteiger partial charge in [-0.05, 0) is 92.0 Å². The van der Waals surface area contributed by atoms with Crippen LogP contribution in [0.4, 0.5) is 17.3 Å². The van der Waals surface area contributed by atoms with Crippen molar-refractivity contribution in [2.75, 3.05) is 24.1 Å². The van der Waals surface area contributed by atoms with Crippen LogP contribution in [0.25, 0.3) is 5.70 Å². The van der Waals surface area contributed by atoms with Gasteiger partial charge in [0.2, 0.25) is 5.95 Å². The Balaban J connectivity index is 0.000000264. The van der Waals surface area contributed by atoms with Crippen LogP contribution in [-0.4, -0.2) is 28.0 Å². The van der Waals surface area contributed by atoms with E-state index in [1.165, 1.54) is 54.4 Å². The first-order chi connectivity index (χ1) is 19.3. The molecule has 2 heterocycles. The number of hydrogen-bond donors (Lipinski definition) is 2. The smallest absolute Gasteiger partial charge is 0.227 e. The average Bonchev–Trinajstić information content (AvgIpc) is 2.97. The second kappa shape index (κ2) is 17.4. The van der Waals surface area contributed by atoms with Gasteiger partial charge < -0.3 is 16.0 Å². The molecule has 3 aromatic rings. The van der Waals surface area contributed by atoms with E-state index >= 15 is 0 Å². The number of nitrogens with one attached hydrogen (secondary N) is 1. The summed E-state index contributed by atoms with van der Waals surface area (Å²) in [6.45, 7) is 21.3. The molecule has 1 aromatic heterocycles. The molecule has 0 aliphatic carbocycles. The van der Waals surface area contributed by atoms with Gasteiger partial charge >= 0.3 is 0 Å². The molecule has 1 fully saturated rings. The standard InChI is InChI=1S/C17H26N2.C16H21N3.C2H6/c1-3-4-5-15-10-12-19(13-11-15)14(2)16-6-8-17(18)9-7-16;1-5-13-10-17-16(19-15(13)6-2)18-14-8-11(3)7-12(4)9-14;1-2/h6-9,15H,2-5,10-13,18H2,1H3;7-10H,5-6H2,1-4H3,(H,17,18,19);1-2H3. The van der Waals surface area contributed by atoms with Crippen LogP contribution in [0.5, 0.6) is 0 Å². The maximum atomic E-state index is 5.73. The predicted molar refractivity (Wildman–Crippen MR) is 175 cm³/mol. The highest BCUT2D eigenvalue weighted by Crippen LogP contribution is 2.28. The summed E-state index contributed by atoms with van der Waals surface area (Å²) in [5.41, 5.74) is 14.8. The lowest BCUT2D eigenvalue weighted by Gasteiger charge is -2.35. The van der Waals surface area contributed by atoms with Crippen molar-refractivity contribution < 1.29 is 0 Å². The first-order valence-electron chi connectivity index (χ1n) is 15.3. The fourth-order valence-electron chi connectivity index (χ4n) is 5.12. The Morgan fingerprint density at radius 2 is 1.60 bits per heavy atom. The Labute approximate surface area is 244 Å². The molecule has 0 unspecified atom stereocenters. The van der Waals surface area contributed by atoms with Crippen LogP contribution >= 0.6 is 0 Å². The number of benzene rings is 2. The third-order valence-corrected chi connectivity index (χ3v) is 7.35. The van der Waals surface area contributed by atoms with Crippen molar-refractivity contribution in [3.63, 3.8) is 0 Å². The minimum absolute atomic E-state index is 0.680. The molecule has 1 saturated heterocycles. The van der Waals surface area contributed by atoms with Crippen molar-refractivity contribution in [3.05, 3.63) is 83.2 Å². The van der Waals surface area contributed by atoms with Crippen LogP contribution in [0.15, 0.2) is 55.2 Å². The first kappa shape index (κ1) is 32.9. The van der Waals surface area contributed by atoms with E-state index in [1.807, 2.05) is 32.2 Å². The maximum Gasteiger partial charge on any atom is 0.227 e. The van der Waals surface area contributed by atoms with E-state index in [4.69, 9.17) is 5.73 Å². The summed E-state index contributed by atoms with van der Waals surface area (Å²) in [5, 5.41) is 3.29. The maximum absolute atomic E-state index is 5.73. The highest BCUT2D eigenvalue weighted by Gasteiger charge is 2.20. The highest BCUT2D eigenvalue weighted by atomic mass is 15.1. The monoisotopic (exact) mass is 543 g/mol. The molecule has 1 aliphatic rings. The van der Waals surface area contributed by atoms with Gasteiger partial charge in [0.25, 0.3) is 0 Å². The first-order valence-corrected chi connectivity index (χ1v) is 15.3. The second-order valence-electron chi connectivity index (χ2n) is 10.5.